The zero-order valence-electron chi connectivity index (χ0n) is 8.25. The molecule has 0 aliphatic rings. The number of aromatic amines is 1. The molecule has 6 heteroatoms. The third kappa shape index (κ3) is 3.90. The number of hydrogen-bond acceptors (Lipinski definition) is 3. The van der Waals surface area contributed by atoms with Crippen molar-refractivity contribution in [2.24, 2.45) is 10.7 Å². The Hall–Kier alpha value is -1.56. The Bertz CT molecular complexity index is 265. The van der Waals surface area contributed by atoms with E-state index >= 15 is 0 Å². The summed E-state index contributed by atoms with van der Waals surface area (Å²) in [5.74, 6) is 0.466. The van der Waals surface area contributed by atoms with Crippen LogP contribution in [0.15, 0.2) is 17.5 Å². The van der Waals surface area contributed by atoms with Crippen LogP contribution in [0.5, 0.6) is 0 Å². The van der Waals surface area contributed by atoms with E-state index in [2.05, 4.69) is 25.6 Å². The van der Waals surface area contributed by atoms with Crippen LogP contribution >= 0.6 is 0 Å². The van der Waals surface area contributed by atoms with Gasteiger partial charge < -0.3 is 21.4 Å². The number of imidazole rings is 1. The number of H-pyrrole nitrogens is 1. The molecule has 0 aliphatic heterocycles. The van der Waals surface area contributed by atoms with Crippen molar-refractivity contribution in [3.05, 3.63) is 18.2 Å². The molecule has 0 saturated carbocycles. The smallest absolute Gasteiger partial charge is 0.188 e. The number of nitrogens with one attached hydrogen (secondary N) is 3. The molecule has 0 amide bonds. The summed E-state index contributed by atoms with van der Waals surface area (Å²) in [5, 5.41) is 6.17. The molecule has 0 bridgehead atoms. The van der Waals surface area contributed by atoms with Crippen LogP contribution in [-0.4, -0.2) is 36.1 Å². The quantitative estimate of drug-likeness (QED) is 0.277. The van der Waals surface area contributed by atoms with Gasteiger partial charge in [-0.1, -0.05) is 0 Å². The maximum atomic E-state index is 5.44. The highest BCUT2D eigenvalue weighted by molar-refractivity contribution is 5.77. The first-order valence-corrected chi connectivity index (χ1v) is 4.47. The van der Waals surface area contributed by atoms with Gasteiger partial charge in [-0.15, -0.1) is 0 Å². The maximum absolute atomic E-state index is 5.44. The van der Waals surface area contributed by atoms with E-state index in [-0.39, 0.29) is 0 Å². The average molecular weight is 196 g/mol. The van der Waals surface area contributed by atoms with Crippen molar-refractivity contribution in [2.45, 2.75) is 6.54 Å². The Morgan fingerprint density at radius 1 is 1.64 bits per heavy atom. The number of nitrogens with zero attached hydrogens (tertiary/aromatic N) is 2. The summed E-state index contributed by atoms with van der Waals surface area (Å²) in [7, 11) is 1.65. The predicted octanol–water partition coefficient (Wildman–Crippen LogP) is -0.967. The van der Waals surface area contributed by atoms with Crippen molar-refractivity contribution in [1.82, 2.24) is 20.6 Å². The molecule has 1 aromatic heterocycles. The molecule has 1 aromatic rings. The Morgan fingerprint density at radius 2 is 2.50 bits per heavy atom. The van der Waals surface area contributed by atoms with E-state index in [0.29, 0.717) is 5.96 Å². The minimum atomic E-state index is 0.466. The molecule has 0 atom stereocenters. The second-order valence-corrected chi connectivity index (χ2v) is 2.79. The molecule has 6 nitrogen and oxygen atoms in total. The van der Waals surface area contributed by atoms with Gasteiger partial charge in [-0.25, -0.2) is 4.98 Å². The van der Waals surface area contributed by atoms with E-state index in [0.717, 1.165) is 25.3 Å². The van der Waals surface area contributed by atoms with Crippen LogP contribution in [0.25, 0.3) is 0 Å². The molecule has 78 valence electrons. The number of aromatic nitrogens is 2. The topological polar surface area (TPSA) is 91.1 Å². The fourth-order valence-electron chi connectivity index (χ4n) is 0.962. The van der Waals surface area contributed by atoms with Crippen LogP contribution in [0.2, 0.25) is 0 Å². The van der Waals surface area contributed by atoms with E-state index in [1.54, 1.807) is 19.6 Å². The minimum Gasteiger partial charge on any atom is -0.370 e. The summed E-state index contributed by atoms with van der Waals surface area (Å²) in [6.07, 6.45) is 3.46. The molecule has 0 aromatic carbocycles. The standard InChI is InChI=1S/C8H16N6/c1-10-8(9)13-3-2-11-4-7-5-12-6-14-7/h5-6,11H,2-4H2,1H3,(H,12,14)(H3,9,10,13). The summed E-state index contributed by atoms with van der Waals surface area (Å²) in [5.41, 5.74) is 6.52. The minimum absolute atomic E-state index is 0.466. The zero-order valence-corrected chi connectivity index (χ0v) is 8.25. The van der Waals surface area contributed by atoms with Crippen LogP contribution in [-0.2, 0) is 6.54 Å². The Labute approximate surface area is 83.0 Å². The van der Waals surface area contributed by atoms with Crippen LogP contribution in [0.3, 0.4) is 0 Å². The number of rotatable bonds is 5. The second kappa shape index (κ2) is 5.98. The highest BCUT2D eigenvalue weighted by Gasteiger charge is 1.92. The SMILES string of the molecule is CN=C(N)NCCNCc1cnc[nH]1. The largest absolute Gasteiger partial charge is 0.370 e. The Morgan fingerprint density at radius 3 is 3.14 bits per heavy atom. The number of guanidine groups is 1. The van der Waals surface area contributed by atoms with Crippen molar-refractivity contribution < 1.29 is 0 Å². The summed E-state index contributed by atoms with van der Waals surface area (Å²) in [4.78, 5) is 10.7. The van der Waals surface area contributed by atoms with Gasteiger partial charge >= 0.3 is 0 Å². The molecule has 5 N–H and O–H groups in total. The summed E-state index contributed by atoms with van der Waals surface area (Å²) >= 11 is 0. The van der Waals surface area contributed by atoms with Gasteiger partial charge in [0, 0.05) is 38.6 Å². The lowest BCUT2D eigenvalue weighted by molar-refractivity contribution is 0.662. The van der Waals surface area contributed by atoms with Gasteiger partial charge in [-0.05, 0) is 0 Å². The molecule has 0 spiro atoms. The predicted molar refractivity (Wildman–Crippen MR) is 55.8 cm³/mol. The monoisotopic (exact) mass is 196 g/mol. The molecular weight excluding hydrogens is 180 g/mol. The third-order valence-electron chi connectivity index (χ3n) is 1.72. The van der Waals surface area contributed by atoms with Crippen LogP contribution in [0.1, 0.15) is 5.69 Å². The fraction of sp³-hybridized carbons (Fsp3) is 0.500. The van der Waals surface area contributed by atoms with Gasteiger partial charge in [-0.3, -0.25) is 4.99 Å². The van der Waals surface area contributed by atoms with Gasteiger partial charge in [0.2, 0.25) is 0 Å². The van der Waals surface area contributed by atoms with Crippen molar-refractivity contribution in [1.29, 1.82) is 0 Å². The molecule has 0 radical (unpaired) electrons. The molecule has 0 aliphatic carbocycles. The lowest BCUT2D eigenvalue weighted by Gasteiger charge is -2.05. The van der Waals surface area contributed by atoms with E-state index < -0.39 is 0 Å². The first kappa shape index (κ1) is 10.5. The van der Waals surface area contributed by atoms with Crippen LogP contribution < -0.4 is 16.4 Å². The summed E-state index contributed by atoms with van der Waals surface area (Å²) in [6, 6.07) is 0. The molecule has 0 unspecified atom stereocenters. The second-order valence-electron chi connectivity index (χ2n) is 2.79. The van der Waals surface area contributed by atoms with E-state index in [1.807, 2.05) is 0 Å². The Balaban J connectivity index is 2.00. The highest BCUT2D eigenvalue weighted by atomic mass is 15.1. The fourth-order valence-corrected chi connectivity index (χ4v) is 0.962. The molecule has 1 rings (SSSR count). The first-order valence-electron chi connectivity index (χ1n) is 4.47. The van der Waals surface area contributed by atoms with Gasteiger partial charge in [-0.2, -0.15) is 0 Å². The van der Waals surface area contributed by atoms with E-state index in [1.165, 1.54) is 0 Å². The highest BCUT2D eigenvalue weighted by Crippen LogP contribution is 1.87. The maximum Gasteiger partial charge on any atom is 0.188 e. The van der Waals surface area contributed by atoms with Gasteiger partial charge in [0.15, 0.2) is 5.96 Å². The zero-order chi connectivity index (χ0) is 10.2. The normalized spacial score (nSPS) is 11.6. The Kier molecular flexibility index (Phi) is 4.49. The van der Waals surface area contributed by atoms with E-state index in [4.69, 9.17) is 5.73 Å². The van der Waals surface area contributed by atoms with E-state index in [9.17, 15) is 0 Å². The van der Waals surface area contributed by atoms with Crippen molar-refractivity contribution >= 4 is 5.96 Å². The lowest BCUT2D eigenvalue weighted by atomic mass is 10.4. The molecule has 0 fully saturated rings. The van der Waals surface area contributed by atoms with Gasteiger partial charge in [0.25, 0.3) is 0 Å². The average Bonchev–Trinajstić information content (AvgIpc) is 2.69. The third-order valence-corrected chi connectivity index (χ3v) is 1.72. The van der Waals surface area contributed by atoms with Crippen molar-refractivity contribution in [2.75, 3.05) is 20.1 Å². The van der Waals surface area contributed by atoms with Crippen molar-refractivity contribution in [3.63, 3.8) is 0 Å². The number of aliphatic imine (C=N–C) groups is 1. The molecule has 1 heterocycles. The number of hydrogen-bond donors (Lipinski definition) is 4. The van der Waals surface area contributed by atoms with Crippen LogP contribution in [0.4, 0.5) is 0 Å². The molecule has 0 saturated heterocycles. The van der Waals surface area contributed by atoms with Crippen LogP contribution in [0, 0.1) is 0 Å². The van der Waals surface area contributed by atoms with Gasteiger partial charge in [0.05, 0.1) is 6.33 Å². The first-order chi connectivity index (χ1) is 6.83. The van der Waals surface area contributed by atoms with Gasteiger partial charge in [0.1, 0.15) is 0 Å². The molecular formula is C8H16N6. The number of nitrogens with two attached hydrogens (primary N) is 1. The van der Waals surface area contributed by atoms with Crippen molar-refractivity contribution in [3.8, 4) is 0 Å². The molecule has 14 heavy (non-hydrogen) atoms. The lowest BCUT2D eigenvalue weighted by Crippen LogP contribution is -2.36. The summed E-state index contributed by atoms with van der Waals surface area (Å²) in [6.45, 7) is 2.37. The summed E-state index contributed by atoms with van der Waals surface area (Å²) < 4.78 is 0.